The molecule has 1 heteroatoms. The fourth-order valence-electron chi connectivity index (χ4n) is 4.27. The van der Waals surface area contributed by atoms with Gasteiger partial charge in [-0.05, 0) is 81.6 Å². The second-order valence-electron chi connectivity index (χ2n) is 7.28. The molecule has 0 radical (unpaired) electrons. The summed E-state index contributed by atoms with van der Waals surface area (Å²) in [5, 5.41) is 5.41. The molecule has 0 heterocycles. The lowest BCUT2D eigenvalue weighted by Crippen LogP contribution is -2.00. The Morgan fingerprint density at radius 2 is 1.27 bits per heavy atom. The summed E-state index contributed by atoms with van der Waals surface area (Å²) in [7, 11) is 1.74. The molecule has 4 aromatic rings. The summed E-state index contributed by atoms with van der Waals surface area (Å²) in [6.45, 7) is 0. The number of fused-ring (bicyclic) bond motifs is 1. The zero-order valence-electron chi connectivity index (χ0n) is 15.1. The lowest BCUT2D eigenvalue weighted by atomic mass is 9.89. The van der Waals surface area contributed by atoms with Crippen LogP contribution in [0.3, 0.4) is 0 Å². The molecule has 0 saturated heterocycles. The van der Waals surface area contributed by atoms with E-state index in [2.05, 4.69) is 66.7 Å². The van der Waals surface area contributed by atoms with Crippen molar-refractivity contribution in [3.63, 3.8) is 0 Å². The van der Waals surface area contributed by atoms with Crippen molar-refractivity contribution in [2.75, 3.05) is 7.11 Å². The van der Waals surface area contributed by atoms with E-state index in [0.29, 0.717) is 0 Å². The van der Waals surface area contributed by atoms with Crippen molar-refractivity contribution in [3.05, 3.63) is 89.0 Å². The zero-order valence-corrected chi connectivity index (χ0v) is 15.1. The van der Waals surface area contributed by atoms with Crippen LogP contribution in [0.2, 0.25) is 0 Å². The first kappa shape index (κ1) is 15.5. The van der Waals surface area contributed by atoms with Crippen molar-refractivity contribution in [3.8, 4) is 5.75 Å². The standard InChI is InChI=1S/C25H22O/c1-26-22-14-12-20-13-15-23-19-8-6-17-2-4-18(5-3-17)7-9-21(11-10-19)25(23)24(20)16-22/h2-5,10-16H,6-9H2,1H3. The van der Waals surface area contributed by atoms with Crippen LogP contribution in [0, 0.1) is 0 Å². The van der Waals surface area contributed by atoms with E-state index in [1.165, 1.54) is 43.8 Å². The predicted octanol–water partition coefficient (Wildman–Crippen LogP) is 5.89. The van der Waals surface area contributed by atoms with Gasteiger partial charge in [-0.15, -0.1) is 0 Å². The molecule has 0 unspecified atom stereocenters. The fourth-order valence-corrected chi connectivity index (χ4v) is 4.27. The highest BCUT2D eigenvalue weighted by Gasteiger charge is 2.12. The van der Waals surface area contributed by atoms with Gasteiger partial charge in [0.15, 0.2) is 0 Å². The molecular weight excluding hydrogens is 316 g/mol. The van der Waals surface area contributed by atoms with Crippen LogP contribution in [0.25, 0.3) is 21.5 Å². The van der Waals surface area contributed by atoms with Crippen molar-refractivity contribution < 1.29 is 4.74 Å². The fraction of sp³-hybridized carbons (Fsp3) is 0.200. The van der Waals surface area contributed by atoms with Gasteiger partial charge in [0, 0.05) is 0 Å². The van der Waals surface area contributed by atoms with Crippen LogP contribution >= 0.6 is 0 Å². The van der Waals surface area contributed by atoms with E-state index >= 15 is 0 Å². The van der Waals surface area contributed by atoms with E-state index in [-0.39, 0.29) is 0 Å². The molecule has 0 spiro atoms. The summed E-state index contributed by atoms with van der Waals surface area (Å²) >= 11 is 0. The van der Waals surface area contributed by atoms with E-state index in [1.807, 2.05) is 0 Å². The molecule has 0 atom stereocenters. The van der Waals surface area contributed by atoms with Crippen molar-refractivity contribution >= 4 is 21.5 Å². The van der Waals surface area contributed by atoms with E-state index in [0.717, 1.165) is 31.4 Å². The van der Waals surface area contributed by atoms with Gasteiger partial charge in [0.1, 0.15) is 5.75 Å². The number of methoxy groups -OCH3 is 1. The number of rotatable bonds is 1. The summed E-state index contributed by atoms with van der Waals surface area (Å²) in [5.41, 5.74) is 5.73. The first-order valence-corrected chi connectivity index (χ1v) is 9.41. The molecular formula is C25H22O. The van der Waals surface area contributed by atoms with E-state index in [4.69, 9.17) is 4.74 Å². The topological polar surface area (TPSA) is 9.23 Å². The summed E-state index contributed by atoms with van der Waals surface area (Å²) in [6.07, 6.45) is 4.30. The quantitative estimate of drug-likeness (QED) is 0.393. The van der Waals surface area contributed by atoms with Crippen LogP contribution in [0.1, 0.15) is 22.3 Å². The van der Waals surface area contributed by atoms with E-state index in [9.17, 15) is 0 Å². The Balaban J connectivity index is 1.79. The molecule has 26 heavy (non-hydrogen) atoms. The Kier molecular flexibility index (Phi) is 3.67. The van der Waals surface area contributed by atoms with Gasteiger partial charge in [-0.2, -0.15) is 0 Å². The molecule has 8 rings (SSSR count). The highest BCUT2D eigenvalue weighted by molar-refractivity contribution is 6.10. The Morgan fingerprint density at radius 1 is 0.615 bits per heavy atom. The van der Waals surface area contributed by atoms with Crippen LogP contribution in [-0.2, 0) is 25.7 Å². The Hall–Kier alpha value is -2.80. The van der Waals surface area contributed by atoms with Gasteiger partial charge < -0.3 is 4.74 Å². The van der Waals surface area contributed by atoms with Gasteiger partial charge in [0.2, 0.25) is 0 Å². The third-order valence-electron chi connectivity index (χ3n) is 5.77. The predicted molar refractivity (Wildman–Crippen MR) is 109 cm³/mol. The van der Waals surface area contributed by atoms with Crippen LogP contribution in [0.4, 0.5) is 0 Å². The molecule has 1 nitrogen and oxygen atoms in total. The van der Waals surface area contributed by atoms with Gasteiger partial charge in [-0.1, -0.05) is 54.6 Å². The maximum Gasteiger partial charge on any atom is 0.119 e. The van der Waals surface area contributed by atoms with E-state index < -0.39 is 0 Å². The van der Waals surface area contributed by atoms with Crippen LogP contribution in [0.5, 0.6) is 5.75 Å². The lowest BCUT2D eigenvalue weighted by Gasteiger charge is -2.16. The molecule has 4 bridgehead atoms. The molecule has 0 saturated carbocycles. The van der Waals surface area contributed by atoms with Gasteiger partial charge in [-0.25, -0.2) is 0 Å². The summed E-state index contributed by atoms with van der Waals surface area (Å²) in [5.74, 6) is 0.928. The van der Waals surface area contributed by atoms with Crippen LogP contribution < -0.4 is 4.74 Å². The minimum absolute atomic E-state index is 0.928. The lowest BCUT2D eigenvalue weighted by molar-refractivity contribution is 0.415. The number of ether oxygens (including phenoxy) is 1. The largest absolute Gasteiger partial charge is 0.497 e. The Morgan fingerprint density at radius 3 is 2.00 bits per heavy atom. The first-order chi connectivity index (χ1) is 12.8. The van der Waals surface area contributed by atoms with Crippen molar-refractivity contribution in [2.24, 2.45) is 0 Å². The maximum atomic E-state index is 5.51. The number of aryl methyl sites for hydroxylation is 4. The highest BCUT2D eigenvalue weighted by atomic mass is 16.5. The van der Waals surface area contributed by atoms with Crippen LogP contribution in [-0.4, -0.2) is 7.11 Å². The molecule has 4 aliphatic carbocycles. The van der Waals surface area contributed by atoms with Gasteiger partial charge in [0.25, 0.3) is 0 Å². The summed E-state index contributed by atoms with van der Waals surface area (Å²) in [4.78, 5) is 0. The highest BCUT2D eigenvalue weighted by Crippen LogP contribution is 2.34. The molecule has 4 aromatic carbocycles. The molecule has 0 aromatic heterocycles. The van der Waals surface area contributed by atoms with E-state index in [1.54, 1.807) is 7.11 Å². The zero-order chi connectivity index (χ0) is 17.5. The number of hydrogen-bond donors (Lipinski definition) is 0. The first-order valence-electron chi connectivity index (χ1n) is 9.41. The van der Waals surface area contributed by atoms with Crippen molar-refractivity contribution in [1.29, 1.82) is 0 Å². The molecule has 0 fully saturated rings. The SMILES string of the molecule is COc1ccc2ccc3c4ccc(c3c2c1)CCc1ccc(cc1)CC4. The number of hydrogen-bond acceptors (Lipinski definition) is 1. The van der Waals surface area contributed by atoms with Gasteiger partial charge in [-0.3, -0.25) is 0 Å². The summed E-state index contributed by atoms with van der Waals surface area (Å²) in [6, 6.07) is 24.9. The number of benzene rings is 4. The maximum absolute atomic E-state index is 5.51. The Labute approximate surface area is 154 Å². The molecule has 128 valence electrons. The average Bonchev–Trinajstić information content (AvgIpc) is 2.69. The minimum Gasteiger partial charge on any atom is -0.497 e. The second kappa shape index (κ2) is 6.17. The van der Waals surface area contributed by atoms with Crippen molar-refractivity contribution in [1.82, 2.24) is 0 Å². The molecule has 4 aliphatic rings. The monoisotopic (exact) mass is 338 g/mol. The molecule has 0 N–H and O–H groups in total. The average molecular weight is 338 g/mol. The summed E-state index contributed by atoms with van der Waals surface area (Å²) < 4.78 is 5.51. The third-order valence-corrected chi connectivity index (χ3v) is 5.77. The molecule has 0 aliphatic heterocycles. The Bertz CT molecular complexity index is 1110. The minimum atomic E-state index is 0.928. The molecule has 0 amide bonds. The van der Waals surface area contributed by atoms with Gasteiger partial charge >= 0.3 is 0 Å². The normalized spacial score (nSPS) is 13.7. The smallest absolute Gasteiger partial charge is 0.119 e. The van der Waals surface area contributed by atoms with Crippen LogP contribution in [0.15, 0.2) is 66.7 Å². The van der Waals surface area contributed by atoms with Gasteiger partial charge in [0.05, 0.1) is 7.11 Å². The second-order valence-corrected chi connectivity index (χ2v) is 7.28. The third kappa shape index (κ3) is 2.55. The van der Waals surface area contributed by atoms with Crippen molar-refractivity contribution in [2.45, 2.75) is 25.7 Å².